The SMILES string of the molecule is COC(=O)c1cc(NC(=O)c2cc(C)n(-c3ccccc3)n2)c(F)cc1F. The van der Waals surface area contributed by atoms with E-state index in [1.807, 2.05) is 30.3 Å². The summed E-state index contributed by atoms with van der Waals surface area (Å²) in [5.74, 6) is -3.78. The number of carbonyl (C=O) groups is 2. The van der Waals surface area contributed by atoms with Gasteiger partial charge in [0.05, 0.1) is 24.0 Å². The Kier molecular flexibility index (Phi) is 4.98. The minimum absolute atomic E-state index is 0.0414. The van der Waals surface area contributed by atoms with Gasteiger partial charge in [-0.05, 0) is 31.2 Å². The maximum Gasteiger partial charge on any atom is 0.340 e. The van der Waals surface area contributed by atoms with Crippen molar-refractivity contribution in [3.63, 3.8) is 0 Å². The van der Waals surface area contributed by atoms with Crippen LogP contribution in [0.4, 0.5) is 14.5 Å². The second kappa shape index (κ2) is 7.36. The lowest BCUT2D eigenvalue weighted by Gasteiger charge is -2.08. The first-order valence-corrected chi connectivity index (χ1v) is 7.91. The second-order valence-electron chi connectivity index (χ2n) is 5.68. The summed E-state index contributed by atoms with van der Waals surface area (Å²) in [7, 11) is 1.07. The van der Waals surface area contributed by atoms with Gasteiger partial charge in [-0.25, -0.2) is 18.3 Å². The zero-order chi connectivity index (χ0) is 19.6. The van der Waals surface area contributed by atoms with Crippen LogP contribution in [0.2, 0.25) is 0 Å². The summed E-state index contributed by atoms with van der Waals surface area (Å²) in [6.07, 6.45) is 0. The molecule has 0 aliphatic rings. The summed E-state index contributed by atoms with van der Waals surface area (Å²) in [6.45, 7) is 1.77. The van der Waals surface area contributed by atoms with Crippen LogP contribution in [-0.4, -0.2) is 28.8 Å². The molecule has 0 unspecified atom stereocenters. The van der Waals surface area contributed by atoms with E-state index in [9.17, 15) is 18.4 Å². The normalized spacial score (nSPS) is 10.5. The molecule has 2 aromatic carbocycles. The smallest absolute Gasteiger partial charge is 0.340 e. The van der Waals surface area contributed by atoms with Gasteiger partial charge in [0, 0.05) is 11.8 Å². The molecule has 1 N–H and O–H groups in total. The lowest BCUT2D eigenvalue weighted by Crippen LogP contribution is -2.15. The zero-order valence-electron chi connectivity index (χ0n) is 14.5. The number of methoxy groups -OCH3 is 1. The highest BCUT2D eigenvalue weighted by molar-refractivity contribution is 6.03. The number of aryl methyl sites for hydroxylation is 1. The number of halogens is 2. The number of anilines is 1. The third kappa shape index (κ3) is 3.69. The van der Waals surface area contributed by atoms with E-state index in [0.717, 1.165) is 18.9 Å². The van der Waals surface area contributed by atoms with Crippen molar-refractivity contribution in [2.24, 2.45) is 0 Å². The highest BCUT2D eigenvalue weighted by Gasteiger charge is 2.20. The molecule has 1 heterocycles. The Morgan fingerprint density at radius 2 is 1.78 bits per heavy atom. The molecule has 3 rings (SSSR count). The molecule has 138 valence electrons. The molecule has 0 saturated carbocycles. The van der Waals surface area contributed by atoms with Gasteiger partial charge < -0.3 is 10.1 Å². The highest BCUT2D eigenvalue weighted by atomic mass is 19.1. The largest absolute Gasteiger partial charge is 0.465 e. The summed E-state index contributed by atoms with van der Waals surface area (Å²) in [5.41, 5.74) is 0.657. The first-order chi connectivity index (χ1) is 12.9. The van der Waals surface area contributed by atoms with E-state index in [-0.39, 0.29) is 11.4 Å². The summed E-state index contributed by atoms with van der Waals surface area (Å²) in [5, 5.41) is 6.51. The number of ether oxygens (including phenoxy) is 1. The highest BCUT2D eigenvalue weighted by Crippen LogP contribution is 2.21. The summed E-state index contributed by atoms with van der Waals surface area (Å²) in [6, 6.07) is 12.1. The first kappa shape index (κ1) is 18.2. The molecule has 0 bridgehead atoms. The molecule has 0 aliphatic heterocycles. The number of nitrogens with zero attached hydrogens (tertiary/aromatic N) is 2. The molecule has 0 fully saturated rings. The van der Waals surface area contributed by atoms with Gasteiger partial charge in [0.1, 0.15) is 11.6 Å². The number of esters is 1. The van der Waals surface area contributed by atoms with Crippen molar-refractivity contribution in [3.8, 4) is 5.69 Å². The molecule has 3 aromatic rings. The number of benzene rings is 2. The average molecular weight is 371 g/mol. The zero-order valence-corrected chi connectivity index (χ0v) is 14.5. The van der Waals surface area contributed by atoms with Crippen molar-refractivity contribution in [1.82, 2.24) is 9.78 Å². The maximum absolute atomic E-state index is 14.0. The molecule has 0 atom stereocenters. The van der Waals surface area contributed by atoms with E-state index < -0.39 is 29.1 Å². The Morgan fingerprint density at radius 1 is 1.07 bits per heavy atom. The van der Waals surface area contributed by atoms with Gasteiger partial charge in [-0.3, -0.25) is 4.79 Å². The van der Waals surface area contributed by atoms with Crippen molar-refractivity contribution in [3.05, 3.63) is 77.1 Å². The third-order valence-corrected chi connectivity index (χ3v) is 3.83. The van der Waals surface area contributed by atoms with Gasteiger partial charge in [-0.2, -0.15) is 5.10 Å². The van der Waals surface area contributed by atoms with Crippen LogP contribution < -0.4 is 5.32 Å². The first-order valence-electron chi connectivity index (χ1n) is 7.91. The Balaban J connectivity index is 1.89. The lowest BCUT2D eigenvalue weighted by molar-refractivity contribution is 0.0595. The number of aromatic nitrogens is 2. The number of amides is 1. The van der Waals surface area contributed by atoms with Gasteiger partial charge in [-0.1, -0.05) is 18.2 Å². The van der Waals surface area contributed by atoms with Gasteiger partial charge in [0.25, 0.3) is 5.91 Å². The molecule has 0 radical (unpaired) electrons. The molecule has 1 amide bonds. The van der Waals surface area contributed by atoms with Gasteiger partial charge in [0.15, 0.2) is 5.69 Å². The number of hydrogen-bond donors (Lipinski definition) is 1. The van der Waals surface area contributed by atoms with Crippen molar-refractivity contribution >= 4 is 17.6 Å². The molecular weight excluding hydrogens is 356 g/mol. The molecule has 6 nitrogen and oxygen atoms in total. The Labute approximate surface area is 153 Å². The minimum Gasteiger partial charge on any atom is -0.465 e. The topological polar surface area (TPSA) is 73.2 Å². The van der Waals surface area contributed by atoms with Crippen LogP contribution in [0, 0.1) is 18.6 Å². The number of hydrogen-bond acceptors (Lipinski definition) is 4. The predicted molar refractivity (Wildman–Crippen MR) is 94.0 cm³/mol. The van der Waals surface area contributed by atoms with Gasteiger partial charge >= 0.3 is 5.97 Å². The standard InChI is InChI=1S/C19H15F2N3O3/c1-11-8-17(23-24(11)12-6-4-3-5-7-12)18(25)22-16-9-13(19(26)27-2)14(20)10-15(16)21/h3-10H,1-2H3,(H,22,25). The van der Waals surface area contributed by atoms with E-state index >= 15 is 0 Å². The maximum atomic E-state index is 14.0. The number of rotatable bonds is 4. The van der Waals surface area contributed by atoms with Crippen LogP contribution in [0.3, 0.4) is 0 Å². The number of para-hydroxylation sites is 1. The molecule has 0 aliphatic carbocycles. The predicted octanol–water partition coefficient (Wildman–Crippen LogP) is 3.50. The fourth-order valence-electron chi connectivity index (χ4n) is 2.51. The summed E-state index contributed by atoms with van der Waals surface area (Å²) < 4.78 is 33.7. The molecular formula is C19H15F2N3O3. The van der Waals surface area contributed by atoms with Crippen LogP contribution in [0.5, 0.6) is 0 Å². The van der Waals surface area contributed by atoms with Crippen molar-refractivity contribution < 1.29 is 23.1 Å². The van der Waals surface area contributed by atoms with E-state index in [1.54, 1.807) is 11.6 Å². The Bertz CT molecular complexity index is 1020. The second-order valence-corrected chi connectivity index (χ2v) is 5.68. The van der Waals surface area contributed by atoms with Crippen LogP contribution in [0.15, 0.2) is 48.5 Å². The summed E-state index contributed by atoms with van der Waals surface area (Å²) >= 11 is 0. The molecule has 0 saturated heterocycles. The van der Waals surface area contributed by atoms with E-state index in [2.05, 4.69) is 15.2 Å². The quantitative estimate of drug-likeness (QED) is 0.713. The van der Waals surface area contributed by atoms with Crippen molar-refractivity contribution in [2.45, 2.75) is 6.92 Å². The van der Waals surface area contributed by atoms with Crippen LogP contribution in [-0.2, 0) is 4.74 Å². The number of carbonyl (C=O) groups excluding carboxylic acids is 2. The van der Waals surface area contributed by atoms with Gasteiger partial charge in [-0.15, -0.1) is 0 Å². The molecule has 8 heteroatoms. The monoisotopic (exact) mass is 371 g/mol. The van der Waals surface area contributed by atoms with Gasteiger partial charge in [0.2, 0.25) is 0 Å². The fraction of sp³-hybridized carbons (Fsp3) is 0.105. The van der Waals surface area contributed by atoms with E-state index in [1.165, 1.54) is 6.07 Å². The van der Waals surface area contributed by atoms with Crippen molar-refractivity contribution in [2.75, 3.05) is 12.4 Å². The molecule has 1 aromatic heterocycles. The van der Waals surface area contributed by atoms with Crippen LogP contribution >= 0.6 is 0 Å². The number of nitrogens with one attached hydrogen (secondary N) is 1. The Morgan fingerprint density at radius 3 is 2.44 bits per heavy atom. The molecule has 0 spiro atoms. The average Bonchev–Trinajstić information content (AvgIpc) is 3.06. The lowest BCUT2D eigenvalue weighted by atomic mass is 10.1. The van der Waals surface area contributed by atoms with Crippen molar-refractivity contribution in [1.29, 1.82) is 0 Å². The fourth-order valence-corrected chi connectivity index (χ4v) is 2.51. The Hall–Kier alpha value is -3.55. The van der Waals surface area contributed by atoms with E-state index in [4.69, 9.17) is 0 Å². The third-order valence-electron chi connectivity index (χ3n) is 3.83. The minimum atomic E-state index is -1.08. The van der Waals surface area contributed by atoms with E-state index in [0.29, 0.717) is 11.8 Å². The summed E-state index contributed by atoms with van der Waals surface area (Å²) in [4.78, 5) is 24.0. The molecule has 27 heavy (non-hydrogen) atoms. The van der Waals surface area contributed by atoms with Crippen LogP contribution in [0.25, 0.3) is 5.69 Å². The van der Waals surface area contributed by atoms with Crippen LogP contribution in [0.1, 0.15) is 26.5 Å².